The van der Waals surface area contributed by atoms with Crippen molar-refractivity contribution in [3.05, 3.63) is 59.7 Å². The van der Waals surface area contributed by atoms with Crippen molar-refractivity contribution in [3.8, 4) is 11.5 Å². The molecular formula is C22H21F2N3O5. The first kappa shape index (κ1) is 22.7. The van der Waals surface area contributed by atoms with Gasteiger partial charge in [-0.05, 0) is 55.3 Å². The van der Waals surface area contributed by atoms with E-state index in [0.717, 1.165) is 0 Å². The second kappa shape index (κ2) is 9.46. The fourth-order valence-electron chi connectivity index (χ4n) is 3.10. The first-order chi connectivity index (χ1) is 15.2. The minimum Gasteiger partial charge on any atom is -0.490 e. The third-order valence-electron chi connectivity index (χ3n) is 4.66. The lowest BCUT2D eigenvalue weighted by Crippen LogP contribution is -2.40. The Hall–Kier alpha value is -3.95. The summed E-state index contributed by atoms with van der Waals surface area (Å²) >= 11 is 0. The van der Waals surface area contributed by atoms with Crippen molar-refractivity contribution < 1.29 is 32.6 Å². The van der Waals surface area contributed by atoms with Crippen molar-refractivity contribution in [1.82, 2.24) is 10.6 Å². The highest BCUT2D eigenvalue weighted by Gasteiger charge is 2.43. The van der Waals surface area contributed by atoms with Crippen molar-refractivity contribution >= 4 is 29.6 Å². The molecule has 3 rings (SSSR count). The first-order valence-electron chi connectivity index (χ1n) is 9.66. The summed E-state index contributed by atoms with van der Waals surface area (Å²) in [5, 5.41) is 7.42. The number of alkyl halides is 2. The Morgan fingerprint density at radius 2 is 1.97 bits per heavy atom. The topological polar surface area (TPSA) is 106 Å². The monoisotopic (exact) mass is 445 g/mol. The van der Waals surface area contributed by atoms with Gasteiger partial charge in [-0.3, -0.25) is 14.9 Å². The normalized spacial score (nSPS) is 17.9. The van der Waals surface area contributed by atoms with E-state index in [-0.39, 0.29) is 18.1 Å². The highest BCUT2D eigenvalue weighted by molar-refractivity contribution is 6.07. The summed E-state index contributed by atoms with van der Waals surface area (Å²) in [5.41, 5.74) is 0.212. The molecule has 1 fully saturated rings. The van der Waals surface area contributed by atoms with Crippen LogP contribution in [-0.4, -0.2) is 31.1 Å². The van der Waals surface area contributed by atoms with Gasteiger partial charge in [0.25, 0.3) is 5.91 Å². The van der Waals surface area contributed by atoms with Crippen molar-refractivity contribution in [2.75, 3.05) is 11.9 Å². The SMILES string of the molecule is CCOc1cc(/C=C/C(=O)Nc2cccc(C3(C)NC(=O)NC3=O)c2)ccc1OC(F)F. The maximum Gasteiger partial charge on any atom is 0.387 e. The largest absolute Gasteiger partial charge is 0.490 e. The third kappa shape index (κ3) is 5.20. The molecule has 1 unspecified atom stereocenters. The minimum absolute atomic E-state index is 0.100. The number of urea groups is 1. The number of hydrogen-bond acceptors (Lipinski definition) is 5. The van der Waals surface area contributed by atoms with Crippen LogP contribution in [0.25, 0.3) is 6.08 Å². The van der Waals surface area contributed by atoms with Crippen LogP contribution in [0.3, 0.4) is 0 Å². The van der Waals surface area contributed by atoms with E-state index in [4.69, 9.17) is 4.74 Å². The average molecular weight is 445 g/mol. The Morgan fingerprint density at radius 3 is 2.62 bits per heavy atom. The molecule has 8 nitrogen and oxygen atoms in total. The quantitative estimate of drug-likeness (QED) is 0.427. The van der Waals surface area contributed by atoms with Gasteiger partial charge >= 0.3 is 12.6 Å². The predicted octanol–water partition coefficient (Wildman–Crippen LogP) is 3.39. The number of rotatable bonds is 8. The van der Waals surface area contributed by atoms with E-state index in [1.54, 1.807) is 38.1 Å². The molecule has 3 N–H and O–H groups in total. The molecule has 0 bridgehead atoms. The molecule has 4 amide bonds. The molecule has 2 aromatic rings. The Kier molecular flexibility index (Phi) is 6.72. The number of imide groups is 1. The zero-order valence-corrected chi connectivity index (χ0v) is 17.3. The molecule has 32 heavy (non-hydrogen) atoms. The summed E-state index contributed by atoms with van der Waals surface area (Å²) in [4.78, 5) is 35.9. The molecule has 0 saturated carbocycles. The number of benzene rings is 2. The van der Waals surface area contributed by atoms with Crippen molar-refractivity contribution in [2.45, 2.75) is 26.0 Å². The number of carbonyl (C=O) groups excluding carboxylic acids is 3. The van der Waals surface area contributed by atoms with Gasteiger partial charge in [0.05, 0.1) is 6.61 Å². The summed E-state index contributed by atoms with van der Waals surface area (Å²) in [5.74, 6) is -0.918. The average Bonchev–Trinajstić information content (AvgIpc) is 3.00. The van der Waals surface area contributed by atoms with Crippen LogP contribution in [0, 0.1) is 0 Å². The standard InChI is InChI=1S/C22H21F2N3O5/c1-3-31-17-11-13(7-9-16(17)32-20(23)24)8-10-18(28)25-15-6-4-5-14(12-15)22(2)19(29)26-21(30)27-22/h4-12,20H,3H2,1-2H3,(H,25,28)(H2,26,27,29,30)/b10-8+. The van der Waals surface area contributed by atoms with E-state index in [2.05, 4.69) is 20.7 Å². The van der Waals surface area contributed by atoms with Crippen LogP contribution in [0.15, 0.2) is 48.5 Å². The lowest BCUT2D eigenvalue weighted by Gasteiger charge is -2.21. The number of carbonyl (C=O) groups is 3. The molecular weight excluding hydrogens is 424 g/mol. The molecule has 1 saturated heterocycles. The number of ether oxygens (including phenoxy) is 2. The van der Waals surface area contributed by atoms with E-state index >= 15 is 0 Å². The van der Waals surface area contributed by atoms with Gasteiger partial charge in [-0.1, -0.05) is 18.2 Å². The van der Waals surface area contributed by atoms with Crippen LogP contribution in [0.5, 0.6) is 11.5 Å². The van der Waals surface area contributed by atoms with Crippen molar-refractivity contribution in [3.63, 3.8) is 0 Å². The maximum atomic E-state index is 12.5. The van der Waals surface area contributed by atoms with Gasteiger partial charge in [0, 0.05) is 11.8 Å². The van der Waals surface area contributed by atoms with Gasteiger partial charge < -0.3 is 20.1 Å². The van der Waals surface area contributed by atoms with Crippen LogP contribution in [0.1, 0.15) is 25.0 Å². The Labute approximate surface area is 182 Å². The van der Waals surface area contributed by atoms with Crippen LogP contribution in [0.4, 0.5) is 19.3 Å². The molecule has 1 atom stereocenters. The van der Waals surface area contributed by atoms with E-state index in [9.17, 15) is 23.2 Å². The lowest BCUT2D eigenvalue weighted by molar-refractivity contribution is -0.123. The van der Waals surface area contributed by atoms with Crippen molar-refractivity contribution in [2.24, 2.45) is 0 Å². The van der Waals surface area contributed by atoms with Gasteiger partial charge in [0.2, 0.25) is 5.91 Å². The van der Waals surface area contributed by atoms with Crippen LogP contribution in [0.2, 0.25) is 0 Å². The molecule has 0 aromatic heterocycles. The zero-order valence-electron chi connectivity index (χ0n) is 17.3. The summed E-state index contributed by atoms with van der Waals surface area (Å²) in [6.07, 6.45) is 2.75. The Morgan fingerprint density at radius 1 is 1.19 bits per heavy atom. The zero-order chi connectivity index (χ0) is 23.3. The maximum absolute atomic E-state index is 12.5. The number of hydrogen-bond donors (Lipinski definition) is 3. The highest BCUT2D eigenvalue weighted by Crippen LogP contribution is 2.30. The Bertz CT molecular complexity index is 1070. The Balaban J connectivity index is 1.71. The second-order valence-corrected chi connectivity index (χ2v) is 6.95. The van der Waals surface area contributed by atoms with Gasteiger partial charge in [0.15, 0.2) is 11.5 Å². The number of nitrogens with one attached hydrogen (secondary N) is 3. The molecule has 168 valence electrons. The van der Waals surface area contributed by atoms with Crippen molar-refractivity contribution in [1.29, 1.82) is 0 Å². The van der Waals surface area contributed by atoms with E-state index in [0.29, 0.717) is 16.8 Å². The van der Waals surface area contributed by atoms with Crippen LogP contribution in [-0.2, 0) is 15.1 Å². The molecule has 2 aromatic carbocycles. The van der Waals surface area contributed by atoms with E-state index < -0.39 is 30.0 Å². The molecule has 0 spiro atoms. The van der Waals surface area contributed by atoms with Crippen LogP contribution >= 0.6 is 0 Å². The number of anilines is 1. The summed E-state index contributed by atoms with van der Waals surface area (Å²) in [6.45, 7) is 0.534. The number of amides is 4. The molecule has 1 aliphatic rings. The highest BCUT2D eigenvalue weighted by atomic mass is 19.3. The summed E-state index contributed by atoms with van der Waals surface area (Å²) in [7, 11) is 0. The fraction of sp³-hybridized carbons (Fsp3) is 0.227. The smallest absolute Gasteiger partial charge is 0.387 e. The minimum atomic E-state index is -2.98. The molecule has 1 aliphatic heterocycles. The van der Waals surface area contributed by atoms with Gasteiger partial charge in [-0.25, -0.2) is 4.79 Å². The molecule has 1 heterocycles. The summed E-state index contributed by atoms with van der Waals surface area (Å²) in [6, 6.07) is 10.3. The third-order valence-corrected chi connectivity index (χ3v) is 4.66. The first-order valence-corrected chi connectivity index (χ1v) is 9.66. The fourth-order valence-corrected chi connectivity index (χ4v) is 3.10. The summed E-state index contributed by atoms with van der Waals surface area (Å²) < 4.78 is 34.7. The predicted molar refractivity (Wildman–Crippen MR) is 112 cm³/mol. The second-order valence-electron chi connectivity index (χ2n) is 6.95. The van der Waals surface area contributed by atoms with Gasteiger partial charge in [0.1, 0.15) is 5.54 Å². The molecule has 10 heteroatoms. The lowest BCUT2D eigenvalue weighted by atomic mass is 9.92. The number of halogens is 2. The van der Waals surface area contributed by atoms with E-state index in [1.807, 2.05) is 0 Å². The van der Waals surface area contributed by atoms with Crippen LogP contribution < -0.4 is 25.4 Å². The molecule has 0 radical (unpaired) electrons. The molecule has 0 aliphatic carbocycles. The van der Waals surface area contributed by atoms with E-state index in [1.165, 1.54) is 30.4 Å². The van der Waals surface area contributed by atoms with Gasteiger partial charge in [-0.2, -0.15) is 8.78 Å². The van der Waals surface area contributed by atoms with Gasteiger partial charge in [-0.15, -0.1) is 0 Å².